The van der Waals surface area contributed by atoms with E-state index in [0.717, 1.165) is 30.0 Å². The third kappa shape index (κ3) is 2.47. The monoisotopic (exact) mass is 249 g/mol. The van der Waals surface area contributed by atoms with E-state index in [-0.39, 0.29) is 5.92 Å². The molecule has 1 aliphatic rings. The number of nitrogens with zero attached hydrogens (tertiary/aromatic N) is 1. The molecule has 18 heavy (non-hydrogen) atoms. The first-order valence-electron chi connectivity index (χ1n) is 6.20. The first kappa shape index (κ1) is 12.9. The van der Waals surface area contributed by atoms with Gasteiger partial charge in [0.25, 0.3) is 0 Å². The number of methoxy groups -OCH3 is 1. The predicted molar refractivity (Wildman–Crippen MR) is 67.7 cm³/mol. The second-order valence-corrected chi connectivity index (χ2v) is 5.31. The van der Waals surface area contributed by atoms with Crippen molar-refractivity contribution in [1.29, 1.82) is 0 Å². The molecule has 0 spiro atoms. The maximum absolute atomic E-state index is 11.5. The minimum absolute atomic E-state index is 0.281. The van der Waals surface area contributed by atoms with E-state index in [1.165, 1.54) is 0 Å². The number of aromatic nitrogens is 1. The van der Waals surface area contributed by atoms with Crippen LogP contribution >= 0.6 is 0 Å². The summed E-state index contributed by atoms with van der Waals surface area (Å²) < 4.78 is 5.20. The molecule has 1 aromatic heterocycles. The molecule has 1 aromatic rings. The van der Waals surface area contributed by atoms with Crippen molar-refractivity contribution in [2.75, 3.05) is 7.11 Å². The van der Waals surface area contributed by atoms with Crippen LogP contribution in [0.2, 0.25) is 0 Å². The van der Waals surface area contributed by atoms with Crippen LogP contribution in [-0.2, 0) is 11.2 Å². The zero-order chi connectivity index (χ0) is 13.3. The number of pyridine rings is 1. The van der Waals surface area contributed by atoms with Gasteiger partial charge in [-0.05, 0) is 32.6 Å². The molecule has 0 aliphatic heterocycles. The van der Waals surface area contributed by atoms with E-state index in [1.807, 2.05) is 26.0 Å². The lowest BCUT2D eigenvalue weighted by atomic mass is 9.80. The lowest BCUT2D eigenvalue weighted by molar-refractivity contribution is -0.149. The first-order chi connectivity index (χ1) is 8.45. The highest BCUT2D eigenvalue weighted by Gasteiger charge is 2.47. The van der Waals surface area contributed by atoms with Gasteiger partial charge >= 0.3 is 5.97 Å². The van der Waals surface area contributed by atoms with Gasteiger partial charge in [-0.15, -0.1) is 0 Å². The van der Waals surface area contributed by atoms with Crippen LogP contribution in [0.3, 0.4) is 0 Å². The molecule has 2 rings (SSSR count). The summed E-state index contributed by atoms with van der Waals surface area (Å²) in [5, 5.41) is 9.44. The topological polar surface area (TPSA) is 59.4 Å². The SMILES string of the molecule is COc1cc(C)nc(CC(C)(C(=O)O)C2CC2)c1. The van der Waals surface area contributed by atoms with Gasteiger partial charge in [-0.3, -0.25) is 9.78 Å². The molecule has 0 aromatic carbocycles. The minimum atomic E-state index is -0.729. The number of hydrogen-bond acceptors (Lipinski definition) is 3. The summed E-state index contributed by atoms with van der Waals surface area (Å²) in [5.74, 6) is 0.289. The maximum atomic E-state index is 11.5. The number of rotatable bonds is 5. The Balaban J connectivity index is 2.26. The van der Waals surface area contributed by atoms with Crippen LogP contribution in [0.5, 0.6) is 5.75 Å². The highest BCUT2D eigenvalue weighted by molar-refractivity contribution is 5.75. The van der Waals surface area contributed by atoms with Crippen molar-refractivity contribution >= 4 is 5.97 Å². The molecular weight excluding hydrogens is 230 g/mol. The molecule has 4 heteroatoms. The third-order valence-corrected chi connectivity index (χ3v) is 3.73. The highest BCUT2D eigenvalue weighted by atomic mass is 16.5. The van der Waals surface area contributed by atoms with Crippen LogP contribution in [0.4, 0.5) is 0 Å². The first-order valence-corrected chi connectivity index (χ1v) is 6.20. The molecule has 1 N–H and O–H groups in total. The van der Waals surface area contributed by atoms with Crippen LogP contribution in [0, 0.1) is 18.3 Å². The standard InChI is InChI=1S/C14H19NO3/c1-9-6-12(18-3)7-11(15-9)8-14(2,13(16)17)10-4-5-10/h6-7,10H,4-5,8H2,1-3H3,(H,16,17). The van der Waals surface area contributed by atoms with Gasteiger partial charge in [0.05, 0.1) is 12.5 Å². The number of carbonyl (C=O) groups is 1. The van der Waals surface area contributed by atoms with Gasteiger partial charge in [0.1, 0.15) is 5.75 Å². The van der Waals surface area contributed by atoms with E-state index in [0.29, 0.717) is 6.42 Å². The van der Waals surface area contributed by atoms with Gasteiger partial charge in [0.2, 0.25) is 0 Å². The Morgan fingerprint density at radius 1 is 1.56 bits per heavy atom. The number of aliphatic carboxylic acids is 1. The van der Waals surface area contributed by atoms with E-state index in [2.05, 4.69) is 4.98 Å². The quantitative estimate of drug-likeness (QED) is 0.870. The molecule has 1 atom stereocenters. The van der Waals surface area contributed by atoms with Crippen LogP contribution in [0.25, 0.3) is 0 Å². The summed E-state index contributed by atoms with van der Waals surface area (Å²) >= 11 is 0. The van der Waals surface area contributed by atoms with Crippen molar-refractivity contribution in [3.8, 4) is 5.75 Å². The number of carboxylic acids is 1. The van der Waals surface area contributed by atoms with Crippen molar-refractivity contribution < 1.29 is 14.6 Å². The molecule has 1 aliphatic carbocycles. The smallest absolute Gasteiger partial charge is 0.310 e. The van der Waals surface area contributed by atoms with E-state index >= 15 is 0 Å². The van der Waals surface area contributed by atoms with Crippen molar-refractivity contribution in [3.05, 3.63) is 23.5 Å². The van der Waals surface area contributed by atoms with Gasteiger partial charge in [-0.2, -0.15) is 0 Å². The summed E-state index contributed by atoms with van der Waals surface area (Å²) in [7, 11) is 1.61. The Kier molecular flexibility index (Phi) is 3.28. The average molecular weight is 249 g/mol. The summed E-state index contributed by atoms with van der Waals surface area (Å²) in [6.45, 7) is 3.71. The Morgan fingerprint density at radius 3 is 2.72 bits per heavy atom. The maximum Gasteiger partial charge on any atom is 0.310 e. The Hall–Kier alpha value is -1.58. The van der Waals surface area contributed by atoms with Gasteiger partial charge in [-0.25, -0.2) is 0 Å². The Bertz CT molecular complexity index is 468. The summed E-state index contributed by atoms with van der Waals surface area (Å²) in [5.41, 5.74) is 0.947. The van der Waals surface area contributed by atoms with E-state index in [9.17, 15) is 9.90 Å². The fourth-order valence-corrected chi connectivity index (χ4v) is 2.40. The van der Waals surface area contributed by atoms with Crippen molar-refractivity contribution in [3.63, 3.8) is 0 Å². The number of carboxylic acid groups (broad SMARTS) is 1. The number of aryl methyl sites for hydroxylation is 1. The van der Waals surface area contributed by atoms with Crippen molar-refractivity contribution in [2.45, 2.75) is 33.1 Å². The Morgan fingerprint density at radius 2 is 2.22 bits per heavy atom. The van der Waals surface area contributed by atoms with Crippen LogP contribution in [0.15, 0.2) is 12.1 Å². The van der Waals surface area contributed by atoms with Crippen LogP contribution in [-0.4, -0.2) is 23.2 Å². The van der Waals surface area contributed by atoms with Crippen LogP contribution in [0.1, 0.15) is 31.2 Å². The molecule has 0 amide bonds. The van der Waals surface area contributed by atoms with Gasteiger partial charge in [-0.1, -0.05) is 0 Å². The Labute approximate surface area is 107 Å². The predicted octanol–water partition coefficient (Wildman–Crippen LogP) is 2.44. The lowest BCUT2D eigenvalue weighted by Gasteiger charge is -2.24. The molecule has 1 saturated carbocycles. The molecule has 1 heterocycles. The van der Waals surface area contributed by atoms with Gasteiger partial charge < -0.3 is 9.84 Å². The second kappa shape index (κ2) is 4.59. The molecule has 1 fully saturated rings. The summed E-state index contributed by atoms with van der Waals surface area (Å²) in [4.78, 5) is 15.9. The minimum Gasteiger partial charge on any atom is -0.497 e. The molecule has 0 bridgehead atoms. The fourth-order valence-electron chi connectivity index (χ4n) is 2.40. The fraction of sp³-hybridized carbons (Fsp3) is 0.571. The van der Waals surface area contributed by atoms with Gasteiger partial charge in [0.15, 0.2) is 0 Å². The number of ether oxygens (including phenoxy) is 1. The van der Waals surface area contributed by atoms with E-state index < -0.39 is 11.4 Å². The molecule has 1 unspecified atom stereocenters. The van der Waals surface area contributed by atoms with E-state index in [4.69, 9.17) is 4.74 Å². The highest BCUT2D eigenvalue weighted by Crippen LogP contribution is 2.47. The second-order valence-electron chi connectivity index (χ2n) is 5.31. The largest absolute Gasteiger partial charge is 0.497 e. The molecular formula is C14H19NO3. The van der Waals surface area contributed by atoms with Crippen LogP contribution < -0.4 is 4.74 Å². The summed E-state index contributed by atoms with van der Waals surface area (Å²) in [6, 6.07) is 3.68. The van der Waals surface area contributed by atoms with Crippen molar-refractivity contribution in [2.24, 2.45) is 11.3 Å². The normalized spacial score (nSPS) is 18.2. The number of hydrogen-bond donors (Lipinski definition) is 1. The van der Waals surface area contributed by atoms with Crippen molar-refractivity contribution in [1.82, 2.24) is 4.98 Å². The molecule has 0 radical (unpaired) electrons. The molecule has 4 nitrogen and oxygen atoms in total. The van der Waals surface area contributed by atoms with E-state index in [1.54, 1.807) is 7.11 Å². The zero-order valence-corrected chi connectivity index (χ0v) is 11.1. The lowest BCUT2D eigenvalue weighted by Crippen LogP contribution is -2.32. The zero-order valence-electron chi connectivity index (χ0n) is 11.1. The molecule has 0 saturated heterocycles. The molecule has 98 valence electrons. The third-order valence-electron chi connectivity index (χ3n) is 3.73. The average Bonchev–Trinajstić information content (AvgIpc) is 3.11. The summed E-state index contributed by atoms with van der Waals surface area (Å²) in [6.07, 6.45) is 2.47. The van der Waals surface area contributed by atoms with Gasteiger partial charge in [0, 0.05) is 29.9 Å².